The third-order valence-electron chi connectivity index (χ3n) is 4.24. The van der Waals surface area contributed by atoms with E-state index in [0.717, 1.165) is 12.8 Å². The van der Waals surface area contributed by atoms with Gasteiger partial charge in [0, 0.05) is 12.8 Å². The Balaban J connectivity index is 3.20. The van der Waals surface area contributed by atoms with Crippen LogP contribution < -0.4 is 0 Å². The lowest BCUT2D eigenvalue weighted by Crippen LogP contribution is -2.07. The van der Waals surface area contributed by atoms with Crippen LogP contribution in [-0.2, 0) is 9.53 Å². The summed E-state index contributed by atoms with van der Waals surface area (Å²) in [6.07, 6.45) is 22.1. The molecule has 25 heavy (non-hydrogen) atoms. The van der Waals surface area contributed by atoms with E-state index >= 15 is 0 Å². The van der Waals surface area contributed by atoms with E-state index in [-0.39, 0.29) is 5.97 Å². The van der Waals surface area contributed by atoms with E-state index in [9.17, 15) is 4.79 Å². The van der Waals surface area contributed by atoms with Crippen LogP contribution >= 0.6 is 23.2 Å². The fourth-order valence-corrected chi connectivity index (χ4v) is 2.85. The van der Waals surface area contributed by atoms with Gasteiger partial charge in [-0.05, 0) is 32.1 Å². The Bertz CT molecular complexity index is 317. The first kappa shape index (κ1) is 24.8. The fourth-order valence-electron chi connectivity index (χ4n) is 2.67. The minimum absolute atomic E-state index is 0.133. The van der Waals surface area contributed by atoms with Gasteiger partial charge in [-0.3, -0.25) is 4.79 Å². The molecule has 0 heterocycles. The molecule has 0 aliphatic carbocycles. The van der Waals surface area contributed by atoms with Crippen LogP contribution in [-0.4, -0.2) is 17.4 Å². The van der Waals surface area contributed by atoms with Crippen LogP contribution in [0.5, 0.6) is 0 Å². The van der Waals surface area contributed by atoms with E-state index < -0.39 is 4.84 Å². The number of carbonyl (C=O) groups excluding carboxylic acids is 1. The maximum atomic E-state index is 11.4. The van der Waals surface area contributed by atoms with E-state index in [4.69, 9.17) is 27.9 Å². The van der Waals surface area contributed by atoms with E-state index in [1.807, 2.05) is 0 Å². The van der Waals surface area contributed by atoms with Crippen LogP contribution in [0.3, 0.4) is 0 Å². The van der Waals surface area contributed by atoms with E-state index in [1.54, 1.807) is 0 Å². The summed E-state index contributed by atoms with van der Waals surface area (Å²) in [7, 11) is 0. The van der Waals surface area contributed by atoms with Crippen molar-refractivity contribution < 1.29 is 9.53 Å². The van der Waals surface area contributed by atoms with E-state index in [2.05, 4.69) is 19.1 Å². The van der Waals surface area contributed by atoms with Crippen LogP contribution in [0.1, 0.15) is 103 Å². The molecule has 0 atom stereocenters. The molecule has 0 saturated carbocycles. The Labute approximate surface area is 165 Å². The van der Waals surface area contributed by atoms with Gasteiger partial charge in [0.1, 0.15) is 4.84 Å². The van der Waals surface area contributed by atoms with Crippen molar-refractivity contribution >= 4 is 29.2 Å². The molecule has 0 aliphatic rings. The second-order valence-corrected chi connectivity index (χ2v) is 8.01. The molecular formula is C21H38Cl2O2. The van der Waals surface area contributed by atoms with Gasteiger partial charge in [0.2, 0.25) is 0 Å². The fraction of sp³-hybridized carbons (Fsp3) is 0.857. The summed E-state index contributed by atoms with van der Waals surface area (Å²) in [6, 6.07) is 0. The maximum Gasteiger partial charge on any atom is 0.305 e. The molecule has 2 nitrogen and oxygen atoms in total. The van der Waals surface area contributed by atoms with Crippen molar-refractivity contribution in [2.24, 2.45) is 0 Å². The van der Waals surface area contributed by atoms with Crippen molar-refractivity contribution in [3.8, 4) is 0 Å². The molecule has 4 heteroatoms. The highest BCUT2D eigenvalue weighted by atomic mass is 35.5. The number of rotatable bonds is 18. The average molecular weight is 393 g/mol. The molecule has 0 fully saturated rings. The molecule has 0 aliphatic heterocycles. The molecule has 0 rings (SSSR count). The predicted octanol–water partition coefficient (Wildman–Crippen LogP) is 7.76. The van der Waals surface area contributed by atoms with Crippen molar-refractivity contribution in [1.82, 2.24) is 0 Å². The molecule has 0 N–H and O–H groups in total. The Hall–Kier alpha value is -0.210. The Morgan fingerprint density at radius 1 is 0.840 bits per heavy atom. The number of hydrogen-bond donors (Lipinski definition) is 0. The van der Waals surface area contributed by atoms with Gasteiger partial charge in [-0.2, -0.15) is 0 Å². The zero-order chi connectivity index (χ0) is 18.6. The first-order valence-corrected chi connectivity index (χ1v) is 11.1. The first-order valence-electron chi connectivity index (χ1n) is 10.3. The smallest absolute Gasteiger partial charge is 0.305 e. The van der Waals surface area contributed by atoms with Crippen molar-refractivity contribution in [2.45, 2.75) is 108 Å². The third-order valence-corrected chi connectivity index (χ3v) is 4.68. The first-order chi connectivity index (χ1) is 12.2. The minimum Gasteiger partial charge on any atom is -0.466 e. The molecule has 0 aromatic heterocycles. The summed E-state index contributed by atoms with van der Waals surface area (Å²) in [5.74, 6) is -0.133. The maximum absolute atomic E-state index is 11.4. The predicted molar refractivity (Wildman–Crippen MR) is 111 cm³/mol. The van der Waals surface area contributed by atoms with Gasteiger partial charge in [0.15, 0.2) is 0 Å². The van der Waals surface area contributed by atoms with Crippen molar-refractivity contribution in [2.75, 3.05) is 6.61 Å². The van der Waals surface area contributed by atoms with Gasteiger partial charge in [-0.15, -0.1) is 23.2 Å². The van der Waals surface area contributed by atoms with Crippen LogP contribution in [0.4, 0.5) is 0 Å². The zero-order valence-electron chi connectivity index (χ0n) is 16.1. The summed E-state index contributed by atoms with van der Waals surface area (Å²) in [5.41, 5.74) is 0. The number of halogens is 2. The average Bonchev–Trinajstić information content (AvgIpc) is 2.58. The summed E-state index contributed by atoms with van der Waals surface area (Å²) < 4.78 is 5.06. The van der Waals surface area contributed by atoms with Crippen LogP contribution in [0.15, 0.2) is 12.2 Å². The molecule has 0 amide bonds. The zero-order valence-corrected chi connectivity index (χ0v) is 17.6. The quantitative estimate of drug-likeness (QED) is 0.103. The third kappa shape index (κ3) is 21.7. The van der Waals surface area contributed by atoms with Gasteiger partial charge in [-0.1, -0.05) is 70.4 Å². The number of alkyl halides is 2. The lowest BCUT2D eigenvalue weighted by molar-refractivity contribution is -0.143. The highest BCUT2D eigenvalue weighted by Crippen LogP contribution is 2.11. The van der Waals surface area contributed by atoms with Gasteiger partial charge < -0.3 is 4.74 Å². The highest BCUT2D eigenvalue weighted by molar-refractivity contribution is 6.44. The second kappa shape index (κ2) is 20.1. The van der Waals surface area contributed by atoms with Crippen LogP contribution in [0, 0.1) is 0 Å². The minimum atomic E-state index is -0.451. The molecule has 0 unspecified atom stereocenters. The van der Waals surface area contributed by atoms with Crippen LogP contribution in [0.25, 0.3) is 0 Å². The summed E-state index contributed by atoms with van der Waals surface area (Å²) in [6.45, 7) is 2.58. The van der Waals surface area contributed by atoms with Crippen molar-refractivity contribution in [3.05, 3.63) is 12.2 Å². The highest BCUT2D eigenvalue weighted by Gasteiger charge is 2.04. The molecule has 0 radical (unpaired) electrons. The molecule has 0 saturated heterocycles. The van der Waals surface area contributed by atoms with E-state index in [1.165, 1.54) is 70.6 Å². The molecule has 0 aromatic carbocycles. The molecule has 0 bridgehead atoms. The molecule has 148 valence electrons. The number of allylic oxidation sites excluding steroid dienone is 2. The van der Waals surface area contributed by atoms with Crippen molar-refractivity contribution in [1.29, 1.82) is 0 Å². The largest absolute Gasteiger partial charge is 0.466 e. The SMILES string of the molecule is CCCCCCCC/C=C\CCCCCCCC(=O)OCCC(Cl)Cl. The van der Waals surface area contributed by atoms with Gasteiger partial charge in [0.05, 0.1) is 6.61 Å². The number of ether oxygens (including phenoxy) is 1. The van der Waals surface area contributed by atoms with Crippen molar-refractivity contribution in [3.63, 3.8) is 0 Å². The van der Waals surface area contributed by atoms with Gasteiger partial charge >= 0.3 is 5.97 Å². The van der Waals surface area contributed by atoms with Gasteiger partial charge in [0.25, 0.3) is 0 Å². The van der Waals surface area contributed by atoms with Gasteiger partial charge in [-0.25, -0.2) is 0 Å². The Morgan fingerprint density at radius 3 is 1.92 bits per heavy atom. The topological polar surface area (TPSA) is 26.3 Å². The van der Waals surface area contributed by atoms with E-state index in [0.29, 0.717) is 19.4 Å². The van der Waals surface area contributed by atoms with Crippen LogP contribution in [0.2, 0.25) is 0 Å². The molecule has 0 aromatic rings. The number of esters is 1. The lowest BCUT2D eigenvalue weighted by Gasteiger charge is -2.05. The lowest BCUT2D eigenvalue weighted by atomic mass is 10.1. The summed E-state index contributed by atoms with van der Waals surface area (Å²) in [4.78, 5) is 11.0. The Kier molecular flexibility index (Phi) is 19.9. The normalized spacial score (nSPS) is 11.5. The Morgan fingerprint density at radius 2 is 1.36 bits per heavy atom. The summed E-state index contributed by atoms with van der Waals surface area (Å²) >= 11 is 11.2. The number of hydrogen-bond acceptors (Lipinski definition) is 2. The number of unbranched alkanes of at least 4 members (excludes halogenated alkanes) is 11. The monoisotopic (exact) mass is 392 g/mol. The summed E-state index contributed by atoms with van der Waals surface area (Å²) in [5, 5.41) is 0. The second-order valence-electron chi connectivity index (χ2n) is 6.73. The number of carbonyl (C=O) groups is 1. The standard InChI is InChI=1S/C21H38Cl2O2/c1-2-3-4-5-6-7-8-9-10-11-12-13-14-15-16-17-21(24)25-19-18-20(22)23/h9-10,20H,2-8,11-19H2,1H3/b10-9-. The molecule has 0 spiro atoms. The molecular weight excluding hydrogens is 355 g/mol.